The topological polar surface area (TPSA) is 122 Å². The molecule has 2 aliphatic heterocycles. The number of carbonyl (C=O) groups is 2. The number of piperidine rings is 1. The first kappa shape index (κ1) is 24.5. The molecule has 0 unspecified atom stereocenters. The molecule has 3 rings (SSSR count). The van der Waals surface area contributed by atoms with E-state index in [0.717, 1.165) is 38.6 Å². The Morgan fingerprint density at radius 2 is 1.72 bits per heavy atom. The zero-order valence-electron chi connectivity index (χ0n) is 19.0. The van der Waals surface area contributed by atoms with Gasteiger partial charge in [-0.05, 0) is 77.3 Å². The quantitative estimate of drug-likeness (QED) is 0.688. The number of sulfonamides is 1. The van der Waals surface area contributed by atoms with Gasteiger partial charge in [0.25, 0.3) is 0 Å². The van der Waals surface area contributed by atoms with Crippen LogP contribution in [0.3, 0.4) is 0 Å². The molecule has 2 amide bonds. The molecule has 2 aliphatic rings. The molecule has 0 radical (unpaired) electrons. The van der Waals surface area contributed by atoms with E-state index in [2.05, 4.69) is 10.2 Å². The lowest BCUT2D eigenvalue weighted by atomic mass is 9.94. The van der Waals surface area contributed by atoms with Gasteiger partial charge in [0.15, 0.2) is 0 Å². The molecular weight excluding hydrogens is 432 g/mol. The summed E-state index contributed by atoms with van der Waals surface area (Å²) < 4.78 is 28.4. The number of primary sulfonamides is 1. The fourth-order valence-corrected chi connectivity index (χ4v) is 5.02. The summed E-state index contributed by atoms with van der Waals surface area (Å²) in [7, 11) is -3.77. The number of ether oxygens (including phenoxy) is 1. The van der Waals surface area contributed by atoms with Crippen molar-refractivity contribution in [1.82, 2.24) is 9.80 Å². The summed E-state index contributed by atoms with van der Waals surface area (Å²) >= 11 is 0. The molecule has 1 aromatic carbocycles. The molecule has 9 nitrogen and oxygen atoms in total. The predicted molar refractivity (Wildman–Crippen MR) is 122 cm³/mol. The zero-order chi connectivity index (χ0) is 23.5. The van der Waals surface area contributed by atoms with Gasteiger partial charge in [-0.25, -0.2) is 18.4 Å². The van der Waals surface area contributed by atoms with Crippen LogP contribution < -0.4 is 10.5 Å². The van der Waals surface area contributed by atoms with E-state index in [0.29, 0.717) is 12.2 Å². The molecule has 2 saturated heterocycles. The Labute approximate surface area is 190 Å². The molecule has 2 heterocycles. The molecule has 0 aromatic heterocycles. The first-order valence-electron chi connectivity index (χ1n) is 11.1. The number of benzene rings is 1. The fourth-order valence-electron chi connectivity index (χ4n) is 4.50. The maximum Gasteiger partial charge on any atom is 0.410 e. The van der Waals surface area contributed by atoms with Crippen molar-refractivity contribution in [3.8, 4) is 0 Å². The minimum atomic E-state index is -3.77. The van der Waals surface area contributed by atoms with E-state index in [1.165, 1.54) is 24.3 Å². The molecule has 32 heavy (non-hydrogen) atoms. The van der Waals surface area contributed by atoms with Crippen molar-refractivity contribution in [1.29, 1.82) is 0 Å². The van der Waals surface area contributed by atoms with Crippen LogP contribution in [-0.4, -0.2) is 67.5 Å². The van der Waals surface area contributed by atoms with Gasteiger partial charge < -0.3 is 15.0 Å². The Balaban J connectivity index is 1.64. The maximum atomic E-state index is 12.7. The highest BCUT2D eigenvalue weighted by atomic mass is 32.2. The van der Waals surface area contributed by atoms with E-state index in [1.54, 1.807) is 0 Å². The average Bonchev–Trinajstić information content (AvgIpc) is 3.16. The fraction of sp³-hybridized carbons (Fsp3) is 0.636. The highest BCUT2D eigenvalue weighted by molar-refractivity contribution is 7.89. The third kappa shape index (κ3) is 6.43. The lowest BCUT2D eigenvalue weighted by Gasteiger charge is -2.42. The van der Waals surface area contributed by atoms with Gasteiger partial charge in [-0.2, -0.15) is 0 Å². The second-order valence-corrected chi connectivity index (χ2v) is 11.1. The lowest BCUT2D eigenvalue weighted by Crippen LogP contribution is -2.55. The normalized spacial score (nSPS) is 22.6. The SMILES string of the molecule is CC(C)(C)OC(=O)N1CCC[C@@H]1[C@@H]1CCCCN1CC(=O)Nc1ccc(S(N)(=O)=O)cc1. The number of amides is 2. The van der Waals surface area contributed by atoms with Crippen LogP contribution in [0, 0.1) is 0 Å². The number of anilines is 1. The van der Waals surface area contributed by atoms with Crippen molar-refractivity contribution in [2.75, 3.05) is 25.0 Å². The summed E-state index contributed by atoms with van der Waals surface area (Å²) in [6, 6.07) is 5.91. The molecule has 0 spiro atoms. The van der Waals surface area contributed by atoms with Crippen molar-refractivity contribution in [2.24, 2.45) is 5.14 Å². The van der Waals surface area contributed by atoms with Crippen molar-refractivity contribution in [3.05, 3.63) is 24.3 Å². The highest BCUT2D eigenvalue weighted by Crippen LogP contribution is 2.30. The summed E-state index contributed by atoms with van der Waals surface area (Å²) in [5, 5.41) is 7.94. The van der Waals surface area contributed by atoms with E-state index < -0.39 is 15.6 Å². The van der Waals surface area contributed by atoms with Gasteiger partial charge in [-0.15, -0.1) is 0 Å². The smallest absolute Gasteiger partial charge is 0.410 e. The Hall–Kier alpha value is -2.17. The minimum absolute atomic E-state index is 0.00457. The first-order valence-corrected chi connectivity index (χ1v) is 12.6. The number of carbonyl (C=O) groups excluding carboxylic acids is 2. The van der Waals surface area contributed by atoms with Gasteiger partial charge in [0.2, 0.25) is 15.9 Å². The van der Waals surface area contributed by atoms with Crippen LogP contribution in [0.4, 0.5) is 10.5 Å². The van der Waals surface area contributed by atoms with Crippen LogP contribution in [0.1, 0.15) is 52.9 Å². The van der Waals surface area contributed by atoms with Gasteiger partial charge in [0.1, 0.15) is 5.60 Å². The lowest BCUT2D eigenvalue weighted by molar-refractivity contribution is -0.118. The molecule has 1 aromatic rings. The number of nitrogens with one attached hydrogen (secondary N) is 1. The molecule has 0 aliphatic carbocycles. The molecule has 3 N–H and O–H groups in total. The number of nitrogens with zero attached hydrogens (tertiary/aromatic N) is 2. The third-order valence-corrected chi connectivity index (χ3v) is 6.78. The van der Waals surface area contributed by atoms with Crippen molar-refractivity contribution in [3.63, 3.8) is 0 Å². The van der Waals surface area contributed by atoms with E-state index in [-0.39, 0.29) is 35.5 Å². The van der Waals surface area contributed by atoms with Gasteiger partial charge in [-0.3, -0.25) is 9.69 Å². The number of rotatable bonds is 5. The van der Waals surface area contributed by atoms with Gasteiger partial charge in [0.05, 0.1) is 17.5 Å². The Morgan fingerprint density at radius 3 is 2.34 bits per heavy atom. The Kier molecular flexibility index (Phi) is 7.46. The van der Waals surface area contributed by atoms with Crippen molar-refractivity contribution in [2.45, 2.75) is 75.5 Å². The minimum Gasteiger partial charge on any atom is -0.444 e. The highest BCUT2D eigenvalue weighted by Gasteiger charge is 2.40. The van der Waals surface area contributed by atoms with E-state index in [1.807, 2.05) is 25.7 Å². The second kappa shape index (κ2) is 9.76. The average molecular weight is 467 g/mol. The van der Waals surface area contributed by atoms with Crippen molar-refractivity contribution >= 4 is 27.7 Å². The molecule has 178 valence electrons. The van der Waals surface area contributed by atoms with Crippen LogP contribution in [0.2, 0.25) is 0 Å². The van der Waals surface area contributed by atoms with Crippen LogP contribution in [0.5, 0.6) is 0 Å². The second-order valence-electron chi connectivity index (χ2n) is 9.53. The maximum absolute atomic E-state index is 12.7. The van der Waals surface area contributed by atoms with E-state index >= 15 is 0 Å². The number of hydrogen-bond donors (Lipinski definition) is 2. The molecule has 0 saturated carbocycles. The third-order valence-electron chi connectivity index (χ3n) is 5.85. The van der Waals surface area contributed by atoms with Gasteiger partial charge in [0, 0.05) is 18.3 Å². The molecule has 2 fully saturated rings. The van der Waals surface area contributed by atoms with Gasteiger partial charge >= 0.3 is 6.09 Å². The molecule has 2 atom stereocenters. The van der Waals surface area contributed by atoms with Crippen LogP contribution >= 0.6 is 0 Å². The van der Waals surface area contributed by atoms with E-state index in [4.69, 9.17) is 9.88 Å². The Bertz CT molecular complexity index is 927. The van der Waals surface area contributed by atoms with Crippen LogP contribution in [0.25, 0.3) is 0 Å². The van der Waals surface area contributed by atoms with E-state index in [9.17, 15) is 18.0 Å². The number of likely N-dealkylation sites (tertiary alicyclic amines) is 2. The monoisotopic (exact) mass is 466 g/mol. The Morgan fingerprint density at radius 1 is 1.06 bits per heavy atom. The first-order chi connectivity index (χ1) is 14.9. The summed E-state index contributed by atoms with van der Waals surface area (Å²) in [6.07, 6.45) is 4.54. The summed E-state index contributed by atoms with van der Waals surface area (Å²) in [5.74, 6) is -0.179. The predicted octanol–water partition coefficient (Wildman–Crippen LogP) is 2.53. The molecule has 10 heteroatoms. The van der Waals surface area contributed by atoms with Crippen LogP contribution in [-0.2, 0) is 19.6 Å². The molecule has 0 bridgehead atoms. The summed E-state index contributed by atoms with van der Waals surface area (Å²) in [6.45, 7) is 7.27. The summed E-state index contributed by atoms with van der Waals surface area (Å²) in [4.78, 5) is 29.4. The number of hydrogen-bond acceptors (Lipinski definition) is 6. The largest absolute Gasteiger partial charge is 0.444 e. The van der Waals surface area contributed by atoms with Crippen molar-refractivity contribution < 1.29 is 22.7 Å². The van der Waals surface area contributed by atoms with Gasteiger partial charge in [-0.1, -0.05) is 6.42 Å². The number of nitrogens with two attached hydrogens (primary N) is 1. The molecular formula is C22H34N4O5S. The van der Waals surface area contributed by atoms with Crippen LogP contribution in [0.15, 0.2) is 29.2 Å². The zero-order valence-corrected chi connectivity index (χ0v) is 19.9. The standard InChI is InChI=1S/C22H34N4O5S/c1-22(2,3)31-21(28)26-14-6-8-19(26)18-7-4-5-13-25(18)15-20(27)24-16-9-11-17(12-10-16)32(23,29)30/h9-12,18-19H,4-8,13-15H2,1-3H3,(H,24,27)(H2,23,29,30)/t18-,19+/m0/s1. The summed E-state index contributed by atoms with van der Waals surface area (Å²) in [5.41, 5.74) is -0.0398.